The molecule has 2 heterocycles. The van der Waals surface area contributed by atoms with Gasteiger partial charge in [0, 0.05) is 16.6 Å². The highest BCUT2D eigenvalue weighted by Crippen LogP contribution is 2.29. The molecule has 21 heavy (non-hydrogen) atoms. The van der Waals surface area contributed by atoms with Crippen molar-refractivity contribution in [2.45, 2.75) is 38.2 Å². The molecule has 3 nitrogen and oxygen atoms in total. The first-order valence-electron chi connectivity index (χ1n) is 7.37. The van der Waals surface area contributed by atoms with Crippen LogP contribution in [-0.4, -0.2) is 22.4 Å². The van der Waals surface area contributed by atoms with Crippen molar-refractivity contribution >= 4 is 15.9 Å². The monoisotopic (exact) mass is 346 g/mol. The van der Waals surface area contributed by atoms with Crippen LogP contribution in [0.4, 0.5) is 0 Å². The summed E-state index contributed by atoms with van der Waals surface area (Å²) in [5, 5.41) is 8.69. The Labute approximate surface area is 133 Å². The molecule has 0 bridgehead atoms. The maximum Gasteiger partial charge on any atom is 0.0929 e. The van der Waals surface area contributed by atoms with Gasteiger partial charge in [0.15, 0.2) is 0 Å². The normalized spacial score (nSPS) is 21.6. The summed E-state index contributed by atoms with van der Waals surface area (Å²) in [4.78, 5) is 0. The van der Waals surface area contributed by atoms with Crippen LogP contribution in [0.3, 0.4) is 0 Å². The van der Waals surface area contributed by atoms with Crippen molar-refractivity contribution in [1.29, 1.82) is 0 Å². The van der Waals surface area contributed by atoms with Crippen molar-refractivity contribution in [3.05, 3.63) is 46.6 Å². The molecule has 1 fully saturated rings. The third kappa shape index (κ3) is 3.69. The zero-order valence-corrected chi connectivity index (χ0v) is 13.8. The molecule has 0 amide bonds. The van der Waals surface area contributed by atoms with Crippen LogP contribution < -0.4 is 0 Å². The molecule has 1 aromatic carbocycles. The van der Waals surface area contributed by atoms with Crippen molar-refractivity contribution < 1.29 is 4.74 Å². The summed E-state index contributed by atoms with van der Waals surface area (Å²) in [6, 6.07) is 12.2. The molecule has 0 radical (unpaired) electrons. The Kier molecular flexibility index (Phi) is 4.36. The zero-order valence-electron chi connectivity index (χ0n) is 12.2. The molecule has 1 atom stereocenters. The van der Waals surface area contributed by atoms with E-state index in [2.05, 4.69) is 39.1 Å². The Morgan fingerprint density at radius 3 is 2.57 bits per heavy atom. The smallest absolute Gasteiger partial charge is 0.0929 e. The SMILES string of the molecule is CC1(CCc2ccc(-c3ccc(Br)cc3)nn2)CCCO1. The summed E-state index contributed by atoms with van der Waals surface area (Å²) in [7, 11) is 0. The van der Waals surface area contributed by atoms with Gasteiger partial charge in [0.2, 0.25) is 0 Å². The molecule has 110 valence electrons. The Morgan fingerprint density at radius 1 is 1.14 bits per heavy atom. The van der Waals surface area contributed by atoms with E-state index in [0.29, 0.717) is 0 Å². The molecule has 1 saturated heterocycles. The summed E-state index contributed by atoms with van der Waals surface area (Å²) in [6.07, 6.45) is 4.26. The van der Waals surface area contributed by atoms with Crippen LogP contribution in [0.5, 0.6) is 0 Å². The van der Waals surface area contributed by atoms with Gasteiger partial charge < -0.3 is 4.74 Å². The summed E-state index contributed by atoms with van der Waals surface area (Å²) in [5.74, 6) is 0. The lowest BCUT2D eigenvalue weighted by Crippen LogP contribution is -2.23. The number of aryl methyl sites for hydroxylation is 1. The van der Waals surface area contributed by atoms with Crippen molar-refractivity contribution in [2.24, 2.45) is 0 Å². The van der Waals surface area contributed by atoms with Gasteiger partial charge >= 0.3 is 0 Å². The molecule has 0 saturated carbocycles. The quantitative estimate of drug-likeness (QED) is 0.822. The second-order valence-electron chi connectivity index (χ2n) is 5.82. The minimum Gasteiger partial charge on any atom is -0.375 e. The molecule has 0 N–H and O–H groups in total. The molecule has 0 spiro atoms. The first-order chi connectivity index (χ1) is 10.1. The third-order valence-corrected chi connectivity index (χ3v) is 4.60. The van der Waals surface area contributed by atoms with Crippen molar-refractivity contribution in [1.82, 2.24) is 10.2 Å². The van der Waals surface area contributed by atoms with E-state index in [1.54, 1.807) is 0 Å². The van der Waals surface area contributed by atoms with Gasteiger partial charge in [-0.15, -0.1) is 0 Å². The largest absolute Gasteiger partial charge is 0.375 e. The average Bonchev–Trinajstić information content (AvgIpc) is 2.94. The predicted molar refractivity (Wildman–Crippen MR) is 87.1 cm³/mol. The van der Waals surface area contributed by atoms with Gasteiger partial charge in [0.25, 0.3) is 0 Å². The molecule has 0 aliphatic carbocycles. The molecule has 1 aromatic heterocycles. The highest BCUT2D eigenvalue weighted by atomic mass is 79.9. The summed E-state index contributed by atoms with van der Waals surface area (Å²) in [5.41, 5.74) is 3.07. The molecule has 3 rings (SSSR count). The second-order valence-corrected chi connectivity index (χ2v) is 6.73. The van der Waals surface area contributed by atoms with Crippen molar-refractivity contribution in [3.63, 3.8) is 0 Å². The maximum absolute atomic E-state index is 5.81. The first kappa shape index (κ1) is 14.7. The third-order valence-electron chi connectivity index (χ3n) is 4.07. The topological polar surface area (TPSA) is 35.0 Å². The lowest BCUT2D eigenvalue weighted by atomic mass is 9.95. The Hall–Kier alpha value is -1.26. The van der Waals surface area contributed by atoms with Crippen LogP contribution in [0.25, 0.3) is 11.3 Å². The number of benzene rings is 1. The van der Waals surface area contributed by atoms with Gasteiger partial charge in [-0.1, -0.05) is 28.1 Å². The number of hydrogen-bond donors (Lipinski definition) is 0. The minimum absolute atomic E-state index is 0.0338. The van der Waals surface area contributed by atoms with Gasteiger partial charge in [-0.25, -0.2) is 0 Å². The summed E-state index contributed by atoms with van der Waals surface area (Å²) in [6.45, 7) is 3.09. The van der Waals surface area contributed by atoms with Crippen LogP contribution in [0.2, 0.25) is 0 Å². The number of ether oxygens (including phenoxy) is 1. The van der Waals surface area contributed by atoms with E-state index < -0.39 is 0 Å². The van der Waals surface area contributed by atoms with Crippen LogP contribution in [0.15, 0.2) is 40.9 Å². The number of halogens is 1. The molecule has 4 heteroatoms. The van der Waals surface area contributed by atoms with E-state index in [4.69, 9.17) is 4.74 Å². The highest BCUT2D eigenvalue weighted by molar-refractivity contribution is 9.10. The lowest BCUT2D eigenvalue weighted by molar-refractivity contribution is 0.0134. The van der Waals surface area contributed by atoms with Gasteiger partial charge in [0.05, 0.1) is 17.0 Å². The van der Waals surface area contributed by atoms with E-state index in [9.17, 15) is 0 Å². The van der Waals surface area contributed by atoms with E-state index in [-0.39, 0.29) is 5.60 Å². The number of hydrogen-bond acceptors (Lipinski definition) is 3. The van der Waals surface area contributed by atoms with E-state index >= 15 is 0 Å². The van der Waals surface area contributed by atoms with Crippen molar-refractivity contribution in [3.8, 4) is 11.3 Å². The highest BCUT2D eigenvalue weighted by Gasteiger charge is 2.29. The molecule has 1 unspecified atom stereocenters. The average molecular weight is 347 g/mol. The van der Waals surface area contributed by atoms with Crippen molar-refractivity contribution in [2.75, 3.05) is 6.61 Å². The minimum atomic E-state index is 0.0338. The van der Waals surface area contributed by atoms with Gasteiger partial charge in [0.1, 0.15) is 0 Å². The van der Waals surface area contributed by atoms with E-state index in [1.807, 2.05) is 30.3 Å². The van der Waals surface area contributed by atoms with E-state index in [1.165, 1.54) is 6.42 Å². The Morgan fingerprint density at radius 2 is 1.95 bits per heavy atom. The summed E-state index contributed by atoms with van der Waals surface area (Å²) < 4.78 is 6.88. The van der Waals surface area contributed by atoms with Crippen LogP contribution in [0, 0.1) is 0 Å². The molecular formula is C17H19BrN2O. The van der Waals surface area contributed by atoms with Gasteiger partial charge in [-0.3, -0.25) is 0 Å². The van der Waals surface area contributed by atoms with Gasteiger partial charge in [-0.05, 0) is 56.9 Å². The van der Waals surface area contributed by atoms with Crippen LogP contribution >= 0.6 is 15.9 Å². The number of aromatic nitrogens is 2. The summed E-state index contributed by atoms with van der Waals surface area (Å²) >= 11 is 3.44. The fourth-order valence-corrected chi connectivity index (χ4v) is 2.96. The fraction of sp³-hybridized carbons (Fsp3) is 0.412. The second kappa shape index (κ2) is 6.24. The van der Waals surface area contributed by atoms with Gasteiger partial charge in [-0.2, -0.15) is 10.2 Å². The van der Waals surface area contributed by atoms with Crippen LogP contribution in [0.1, 0.15) is 31.9 Å². The lowest BCUT2D eigenvalue weighted by Gasteiger charge is -2.22. The molecule has 1 aliphatic rings. The Balaban J connectivity index is 1.65. The van der Waals surface area contributed by atoms with Crippen LogP contribution in [-0.2, 0) is 11.2 Å². The molecule has 1 aliphatic heterocycles. The predicted octanol–water partition coefficient (Wildman–Crippen LogP) is 4.41. The number of rotatable bonds is 4. The fourth-order valence-electron chi connectivity index (χ4n) is 2.69. The first-order valence-corrected chi connectivity index (χ1v) is 8.16. The van der Waals surface area contributed by atoms with E-state index in [0.717, 1.165) is 47.3 Å². The number of nitrogens with zero attached hydrogens (tertiary/aromatic N) is 2. The molecular weight excluding hydrogens is 328 g/mol. The maximum atomic E-state index is 5.81. The Bertz CT molecular complexity index is 589. The standard InChI is InChI=1S/C17H19BrN2O/c1-17(10-2-12-21-17)11-9-15-7-8-16(20-19-15)13-3-5-14(18)6-4-13/h3-8H,2,9-12H2,1H3. The molecule has 2 aromatic rings. The zero-order chi connectivity index (χ0) is 14.7.